The van der Waals surface area contributed by atoms with E-state index >= 15 is 0 Å². The topological polar surface area (TPSA) is 307 Å². The van der Waals surface area contributed by atoms with E-state index in [0.29, 0.717) is 6.42 Å². The number of aliphatic hydroxyl groups is 11. The first kappa shape index (κ1) is 89.4. The number of hydrogen-bond donors (Lipinski definition) is 12. The highest BCUT2D eigenvalue weighted by Gasteiger charge is 2.53. The summed E-state index contributed by atoms with van der Waals surface area (Å²) in [6.07, 6.45) is 55.9. The highest BCUT2D eigenvalue weighted by atomic mass is 16.8. The third kappa shape index (κ3) is 40.2. The van der Waals surface area contributed by atoms with E-state index in [1.165, 1.54) is 103 Å². The molecular weight excluding hydrogens is 1260 g/mol. The molecule has 0 radical (unpaired) electrons. The Kier molecular flexibility index (Phi) is 53.8. The first-order chi connectivity index (χ1) is 48.3. The molecule has 1 amide bonds. The lowest BCUT2D eigenvalue weighted by Gasteiger charge is -2.48. The Morgan fingerprint density at radius 3 is 1.09 bits per heavy atom. The highest BCUT2D eigenvalue weighted by Crippen LogP contribution is 2.33. The Morgan fingerprint density at radius 2 is 0.697 bits per heavy atom. The maximum absolute atomic E-state index is 13.5. The number of aliphatic hydroxyl groups excluding tert-OH is 11. The number of allylic oxidation sites excluding steroid dienone is 19. The first-order valence-electron chi connectivity index (χ1n) is 38.3. The molecule has 3 aliphatic heterocycles. The van der Waals surface area contributed by atoms with Crippen molar-refractivity contribution < 1.29 is 89.4 Å². The van der Waals surface area contributed by atoms with Crippen molar-refractivity contribution in [3.8, 4) is 0 Å². The van der Waals surface area contributed by atoms with Crippen LogP contribution in [0.25, 0.3) is 0 Å². The number of ether oxygens (including phenoxy) is 6. The summed E-state index contributed by atoms with van der Waals surface area (Å²) < 4.78 is 34.4. The molecule has 568 valence electrons. The molecule has 3 aliphatic rings. The number of nitrogens with one attached hydrogen (secondary N) is 1. The molecule has 0 aromatic heterocycles. The number of rotatable bonds is 58. The Hall–Kier alpha value is -3.81. The average molecular weight is 1400 g/mol. The van der Waals surface area contributed by atoms with Crippen LogP contribution in [0.2, 0.25) is 0 Å². The van der Waals surface area contributed by atoms with Gasteiger partial charge in [0.25, 0.3) is 0 Å². The van der Waals surface area contributed by atoms with Gasteiger partial charge in [-0.1, -0.05) is 270 Å². The van der Waals surface area contributed by atoms with Gasteiger partial charge in [-0.2, -0.15) is 0 Å². The van der Waals surface area contributed by atoms with Crippen LogP contribution >= 0.6 is 0 Å². The summed E-state index contributed by atoms with van der Waals surface area (Å²) >= 11 is 0. The van der Waals surface area contributed by atoms with Crippen molar-refractivity contribution in [2.45, 2.75) is 349 Å². The molecule has 17 unspecified atom stereocenters. The standard InChI is InChI=1S/C80H135NO18/c1-3-5-7-9-11-13-15-17-19-21-23-25-26-27-28-29-30-31-32-33-34-35-36-38-40-42-44-46-48-50-52-54-56-58-68(86)81-63(64(85)57-55-53-51-49-47-45-43-41-39-37-24-22-20-18-16-14-12-10-8-6-4-2)62-94-78-74(92)71(89)76(66(60-83)96-78)99-80-75(93)72(90)77(67(61-84)97-80)98-79-73(91)70(88)69(87)65(59-82)95-79/h5,7,11,13,17,19,23,25,27-28,30-31,33-34,36,38,42,44,55,57,63-67,69-80,82-85,87-93H,3-4,6,8-10,12,14-16,18,20-22,24,26,29,32,35,37,39-41,43,45-54,56,58-62H2,1-2H3,(H,81,86)/b7-5-,13-11-,19-17-,25-23-,28-27-,31-30-,34-33-,38-36-,44-42-,57-55+. The molecule has 12 N–H and O–H groups in total. The lowest BCUT2D eigenvalue weighted by molar-refractivity contribution is -0.379. The summed E-state index contributed by atoms with van der Waals surface area (Å²) in [4.78, 5) is 13.5. The quantitative estimate of drug-likeness (QED) is 0.0199. The second-order valence-electron chi connectivity index (χ2n) is 26.7. The van der Waals surface area contributed by atoms with Crippen molar-refractivity contribution in [3.63, 3.8) is 0 Å². The number of carbonyl (C=O) groups is 1. The van der Waals surface area contributed by atoms with Gasteiger partial charge in [0.05, 0.1) is 38.6 Å². The summed E-state index contributed by atoms with van der Waals surface area (Å²) in [6, 6.07) is -0.994. The van der Waals surface area contributed by atoms with E-state index in [0.717, 1.165) is 116 Å². The SMILES string of the molecule is CC/C=C\C/C=C\C/C=C\C/C=C\C/C=C\C/C=C\C/C=C\C/C=C\C/C=C\CCCCCCCC(=O)NC(COC1OC(CO)C(OC2OC(CO)C(OC3OC(CO)C(O)C(O)C3O)C(O)C2O)C(O)C1O)C(O)/C=C/CCCCCCCCCCCCCCCCCCCCC. The van der Waals surface area contributed by atoms with Crippen molar-refractivity contribution in [1.29, 1.82) is 0 Å². The van der Waals surface area contributed by atoms with Gasteiger partial charge in [-0.05, 0) is 89.9 Å². The van der Waals surface area contributed by atoms with Crippen molar-refractivity contribution in [1.82, 2.24) is 5.32 Å². The Balaban J connectivity index is 1.41. The van der Waals surface area contributed by atoms with E-state index in [-0.39, 0.29) is 18.9 Å². The molecule has 0 saturated carbocycles. The number of hydrogen-bond acceptors (Lipinski definition) is 18. The van der Waals surface area contributed by atoms with E-state index in [2.05, 4.69) is 129 Å². The number of carbonyl (C=O) groups excluding carboxylic acids is 1. The van der Waals surface area contributed by atoms with Crippen LogP contribution in [0.1, 0.15) is 245 Å². The zero-order valence-corrected chi connectivity index (χ0v) is 60.4. The summed E-state index contributed by atoms with van der Waals surface area (Å²) in [7, 11) is 0. The summed E-state index contributed by atoms with van der Waals surface area (Å²) in [6.45, 7) is 1.61. The molecular formula is C80H135NO18. The Morgan fingerprint density at radius 1 is 0.374 bits per heavy atom. The smallest absolute Gasteiger partial charge is 0.220 e. The average Bonchev–Trinajstić information content (AvgIpc) is 0.761. The minimum atomic E-state index is -1.99. The molecule has 3 saturated heterocycles. The van der Waals surface area contributed by atoms with Gasteiger partial charge in [0.2, 0.25) is 5.91 Å². The molecule has 19 heteroatoms. The first-order valence-corrected chi connectivity index (χ1v) is 38.3. The van der Waals surface area contributed by atoms with Crippen LogP contribution in [0.3, 0.4) is 0 Å². The van der Waals surface area contributed by atoms with Crippen LogP contribution in [0, 0.1) is 0 Å². The van der Waals surface area contributed by atoms with Crippen LogP contribution in [0.15, 0.2) is 122 Å². The number of amides is 1. The van der Waals surface area contributed by atoms with Crippen LogP contribution in [0.5, 0.6) is 0 Å². The van der Waals surface area contributed by atoms with Gasteiger partial charge in [-0.25, -0.2) is 0 Å². The van der Waals surface area contributed by atoms with Gasteiger partial charge in [-0.3, -0.25) is 4.79 Å². The summed E-state index contributed by atoms with van der Waals surface area (Å²) in [5, 5.41) is 121. The molecule has 3 heterocycles. The third-order valence-electron chi connectivity index (χ3n) is 18.3. The van der Waals surface area contributed by atoms with Crippen molar-refractivity contribution in [2.75, 3.05) is 26.4 Å². The predicted octanol–water partition coefficient (Wildman–Crippen LogP) is 11.9. The van der Waals surface area contributed by atoms with Gasteiger partial charge in [0.15, 0.2) is 18.9 Å². The molecule has 0 bridgehead atoms. The third-order valence-corrected chi connectivity index (χ3v) is 18.3. The van der Waals surface area contributed by atoms with Crippen molar-refractivity contribution >= 4 is 5.91 Å². The van der Waals surface area contributed by atoms with Gasteiger partial charge in [0, 0.05) is 6.42 Å². The lowest BCUT2D eigenvalue weighted by Crippen LogP contribution is -2.66. The van der Waals surface area contributed by atoms with Gasteiger partial charge in [0.1, 0.15) is 73.2 Å². The van der Waals surface area contributed by atoms with Crippen LogP contribution in [-0.4, -0.2) is 193 Å². The molecule has 0 aromatic rings. The number of unbranched alkanes of at least 4 members (excludes halogenated alkanes) is 24. The van der Waals surface area contributed by atoms with E-state index in [4.69, 9.17) is 28.4 Å². The van der Waals surface area contributed by atoms with E-state index in [9.17, 15) is 61.0 Å². The van der Waals surface area contributed by atoms with Crippen LogP contribution in [-0.2, 0) is 33.2 Å². The lowest BCUT2D eigenvalue weighted by atomic mass is 9.96. The Bertz CT molecular complexity index is 2260. The molecule has 99 heavy (non-hydrogen) atoms. The normalized spacial score (nSPS) is 27.3. The van der Waals surface area contributed by atoms with E-state index in [1.54, 1.807) is 6.08 Å². The van der Waals surface area contributed by atoms with Crippen LogP contribution < -0.4 is 5.32 Å². The zero-order valence-electron chi connectivity index (χ0n) is 60.4. The Labute approximate surface area is 595 Å². The second kappa shape index (κ2) is 59.6. The van der Waals surface area contributed by atoms with E-state index < -0.39 is 124 Å². The monoisotopic (exact) mass is 1400 g/mol. The zero-order chi connectivity index (χ0) is 71.8. The molecule has 0 spiro atoms. The second-order valence-corrected chi connectivity index (χ2v) is 26.7. The molecule has 0 aliphatic carbocycles. The predicted molar refractivity (Wildman–Crippen MR) is 392 cm³/mol. The molecule has 17 atom stereocenters. The van der Waals surface area contributed by atoms with Gasteiger partial charge >= 0.3 is 0 Å². The van der Waals surface area contributed by atoms with Gasteiger partial charge < -0.3 is 89.9 Å². The van der Waals surface area contributed by atoms with Gasteiger partial charge in [-0.15, -0.1) is 0 Å². The fourth-order valence-corrected chi connectivity index (χ4v) is 12.1. The minimum Gasteiger partial charge on any atom is -0.394 e. The van der Waals surface area contributed by atoms with E-state index in [1.807, 2.05) is 6.08 Å². The minimum absolute atomic E-state index is 0.213. The highest BCUT2D eigenvalue weighted by molar-refractivity contribution is 5.76. The fraction of sp³-hybridized carbons (Fsp3) is 0.738. The fourth-order valence-electron chi connectivity index (χ4n) is 12.1. The molecule has 3 fully saturated rings. The molecule has 19 nitrogen and oxygen atoms in total. The largest absolute Gasteiger partial charge is 0.394 e. The van der Waals surface area contributed by atoms with Crippen molar-refractivity contribution in [3.05, 3.63) is 122 Å². The molecule has 3 rings (SSSR count). The maximum Gasteiger partial charge on any atom is 0.220 e. The molecule has 0 aromatic carbocycles. The maximum atomic E-state index is 13.5. The van der Waals surface area contributed by atoms with Crippen molar-refractivity contribution in [2.24, 2.45) is 0 Å². The summed E-state index contributed by atoms with van der Waals surface area (Å²) in [5.74, 6) is -0.298. The van der Waals surface area contributed by atoms with Crippen LogP contribution in [0.4, 0.5) is 0 Å². The summed E-state index contributed by atoms with van der Waals surface area (Å²) in [5.41, 5.74) is 0.